The lowest BCUT2D eigenvalue weighted by molar-refractivity contribution is 0.411. The molecule has 1 N–H and O–H groups in total. The molecule has 0 saturated heterocycles. The summed E-state index contributed by atoms with van der Waals surface area (Å²) in [6.45, 7) is 5.01. The van der Waals surface area contributed by atoms with Crippen LogP contribution in [0.2, 0.25) is 0 Å². The minimum atomic E-state index is 0.812. The molecule has 2 aromatic carbocycles. The monoisotopic (exact) mass is 284 g/mol. The van der Waals surface area contributed by atoms with Crippen molar-refractivity contribution in [3.05, 3.63) is 53.1 Å². The van der Waals surface area contributed by atoms with E-state index in [4.69, 9.17) is 4.74 Å². The van der Waals surface area contributed by atoms with Crippen molar-refractivity contribution in [2.75, 3.05) is 31.4 Å². The highest BCUT2D eigenvalue weighted by atomic mass is 16.5. The first-order valence-electron chi connectivity index (χ1n) is 7.16. The second-order valence-corrected chi connectivity index (χ2v) is 5.55. The molecule has 112 valence electrons. The Morgan fingerprint density at radius 3 is 2.33 bits per heavy atom. The summed E-state index contributed by atoms with van der Waals surface area (Å²) in [7, 11) is 5.82. The number of rotatable bonds is 5. The first kappa shape index (κ1) is 15.2. The van der Waals surface area contributed by atoms with Crippen LogP contribution in [0.1, 0.15) is 16.7 Å². The molecule has 0 radical (unpaired) electrons. The molecule has 2 rings (SSSR count). The molecule has 0 aliphatic rings. The highest BCUT2D eigenvalue weighted by Crippen LogP contribution is 2.23. The zero-order valence-corrected chi connectivity index (χ0v) is 13.5. The summed E-state index contributed by atoms with van der Waals surface area (Å²) in [5.74, 6) is 0.935. The molecule has 2 aromatic rings. The van der Waals surface area contributed by atoms with Crippen molar-refractivity contribution in [3.63, 3.8) is 0 Å². The van der Waals surface area contributed by atoms with Crippen LogP contribution >= 0.6 is 0 Å². The van der Waals surface area contributed by atoms with Gasteiger partial charge in [-0.15, -0.1) is 0 Å². The number of methoxy groups -OCH3 is 1. The minimum Gasteiger partial charge on any atom is -0.496 e. The molecule has 0 aliphatic heterocycles. The highest BCUT2D eigenvalue weighted by Gasteiger charge is 2.03. The van der Waals surface area contributed by atoms with Gasteiger partial charge in [0.1, 0.15) is 5.75 Å². The van der Waals surface area contributed by atoms with E-state index >= 15 is 0 Å². The topological polar surface area (TPSA) is 24.5 Å². The molecule has 0 fully saturated rings. The first-order chi connectivity index (χ1) is 10.0. The Bertz CT molecular complexity index is 621. The summed E-state index contributed by atoms with van der Waals surface area (Å²) in [6.07, 6.45) is 0. The summed E-state index contributed by atoms with van der Waals surface area (Å²) in [4.78, 5) is 2.11. The van der Waals surface area contributed by atoms with Crippen LogP contribution in [0.15, 0.2) is 36.4 Å². The second kappa shape index (κ2) is 6.53. The van der Waals surface area contributed by atoms with Crippen LogP contribution in [-0.4, -0.2) is 21.2 Å². The fraction of sp³-hybridized carbons (Fsp3) is 0.333. The predicted molar refractivity (Wildman–Crippen MR) is 90.6 cm³/mol. The summed E-state index contributed by atoms with van der Waals surface area (Å²) in [5.41, 5.74) is 6.07. The van der Waals surface area contributed by atoms with E-state index in [9.17, 15) is 0 Å². The Morgan fingerprint density at radius 2 is 1.76 bits per heavy atom. The second-order valence-electron chi connectivity index (χ2n) is 5.55. The van der Waals surface area contributed by atoms with E-state index < -0.39 is 0 Å². The van der Waals surface area contributed by atoms with Crippen LogP contribution < -0.4 is 15.0 Å². The molecular weight excluding hydrogens is 260 g/mol. The lowest BCUT2D eigenvalue weighted by Gasteiger charge is -2.16. The third-order valence-corrected chi connectivity index (χ3v) is 3.67. The molecule has 0 aromatic heterocycles. The Hall–Kier alpha value is -2.16. The molecule has 0 unspecified atom stereocenters. The molecule has 0 heterocycles. The van der Waals surface area contributed by atoms with Crippen LogP contribution in [0.5, 0.6) is 5.75 Å². The zero-order valence-electron chi connectivity index (χ0n) is 13.5. The molecule has 3 nitrogen and oxygen atoms in total. The van der Waals surface area contributed by atoms with Gasteiger partial charge in [0.05, 0.1) is 7.11 Å². The van der Waals surface area contributed by atoms with Crippen LogP contribution in [0, 0.1) is 13.8 Å². The van der Waals surface area contributed by atoms with Gasteiger partial charge in [0.15, 0.2) is 0 Å². The van der Waals surface area contributed by atoms with E-state index in [0.29, 0.717) is 0 Å². The zero-order chi connectivity index (χ0) is 15.4. The quantitative estimate of drug-likeness (QED) is 0.898. The fourth-order valence-electron chi connectivity index (χ4n) is 2.37. The summed E-state index contributed by atoms with van der Waals surface area (Å²) >= 11 is 0. The number of hydrogen-bond donors (Lipinski definition) is 1. The van der Waals surface area contributed by atoms with E-state index in [2.05, 4.69) is 68.5 Å². The number of anilines is 2. The van der Waals surface area contributed by atoms with Gasteiger partial charge in [-0.05, 0) is 54.8 Å². The van der Waals surface area contributed by atoms with Gasteiger partial charge in [-0.2, -0.15) is 0 Å². The highest BCUT2D eigenvalue weighted by molar-refractivity contribution is 5.60. The van der Waals surface area contributed by atoms with Crippen molar-refractivity contribution in [2.45, 2.75) is 20.4 Å². The Labute approximate surface area is 127 Å². The van der Waals surface area contributed by atoms with E-state index in [1.165, 1.54) is 22.5 Å². The Kier molecular flexibility index (Phi) is 4.73. The Balaban J connectivity index is 2.08. The maximum atomic E-state index is 5.29. The maximum Gasteiger partial charge on any atom is 0.121 e. The molecule has 0 atom stereocenters. The predicted octanol–water partition coefficient (Wildman–Crippen LogP) is 3.99. The number of aryl methyl sites for hydroxylation is 2. The van der Waals surface area contributed by atoms with Gasteiger partial charge in [0.25, 0.3) is 0 Å². The standard InChI is InChI=1S/C18H24N2O/c1-13-11-16(20(3)4)7-8-17(13)19-12-15-6-9-18(21-5)14(2)10-15/h6-11,19H,12H2,1-5H3. The number of nitrogens with zero attached hydrogens (tertiary/aromatic N) is 1. The number of ether oxygens (including phenoxy) is 1. The van der Waals surface area contributed by atoms with E-state index in [-0.39, 0.29) is 0 Å². The van der Waals surface area contributed by atoms with Crippen molar-refractivity contribution in [2.24, 2.45) is 0 Å². The fourth-order valence-corrected chi connectivity index (χ4v) is 2.37. The normalized spacial score (nSPS) is 10.3. The van der Waals surface area contributed by atoms with Crippen LogP contribution in [0.25, 0.3) is 0 Å². The van der Waals surface area contributed by atoms with E-state index in [0.717, 1.165) is 17.9 Å². The van der Waals surface area contributed by atoms with Gasteiger partial charge in [0.2, 0.25) is 0 Å². The van der Waals surface area contributed by atoms with Gasteiger partial charge in [-0.3, -0.25) is 0 Å². The van der Waals surface area contributed by atoms with Gasteiger partial charge in [-0.25, -0.2) is 0 Å². The van der Waals surface area contributed by atoms with Crippen LogP contribution in [-0.2, 0) is 6.54 Å². The minimum absolute atomic E-state index is 0.812. The first-order valence-corrected chi connectivity index (χ1v) is 7.16. The molecule has 3 heteroatoms. The lowest BCUT2D eigenvalue weighted by Crippen LogP contribution is -2.09. The molecule has 0 aliphatic carbocycles. The number of benzene rings is 2. The van der Waals surface area contributed by atoms with Crippen molar-refractivity contribution >= 4 is 11.4 Å². The van der Waals surface area contributed by atoms with Crippen molar-refractivity contribution in [3.8, 4) is 5.75 Å². The van der Waals surface area contributed by atoms with Gasteiger partial charge in [0, 0.05) is 32.0 Å². The average molecular weight is 284 g/mol. The molecule has 0 bridgehead atoms. The van der Waals surface area contributed by atoms with Crippen molar-refractivity contribution in [1.29, 1.82) is 0 Å². The van der Waals surface area contributed by atoms with E-state index in [1.807, 2.05) is 6.07 Å². The number of nitrogens with one attached hydrogen (secondary N) is 1. The largest absolute Gasteiger partial charge is 0.496 e. The molecular formula is C18H24N2O. The SMILES string of the molecule is COc1ccc(CNc2ccc(N(C)C)cc2C)cc1C. The van der Waals surface area contributed by atoms with E-state index in [1.54, 1.807) is 7.11 Å². The third-order valence-electron chi connectivity index (χ3n) is 3.67. The smallest absolute Gasteiger partial charge is 0.121 e. The van der Waals surface area contributed by atoms with Crippen LogP contribution in [0.3, 0.4) is 0 Å². The maximum absolute atomic E-state index is 5.29. The lowest BCUT2D eigenvalue weighted by atomic mass is 10.1. The van der Waals surface area contributed by atoms with Crippen LogP contribution in [0.4, 0.5) is 11.4 Å². The summed E-state index contributed by atoms with van der Waals surface area (Å²) < 4.78 is 5.29. The third kappa shape index (κ3) is 3.69. The summed E-state index contributed by atoms with van der Waals surface area (Å²) in [5, 5.41) is 3.50. The average Bonchev–Trinajstić information content (AvgIpc) is 2.46. The van der Waals surface area contributed by atoms with Gasteiger partial charge in [-0.1, -0.05) is 12.1 Å². The molecule has 21 heavy (non-hydrogen) atoms. The molecule has 0 spiro atoms. The summed E-state index contributed by atoms with van der Waals surface area (Å²) in [6, 6.07) is 12.8. The Morgan fingerprint density at radius 1 is 1.00 bits per heavy atom. The molecule has 0 amide bonds. The van der Waals surface area contributed by atoms with Crippen molar-refractivity contribution < 1.29 is 4.74 Å². The molecule has 0 saturated carbocycles. The van der Waals surface area contributed by atoms with Crippen molar-refractivity contribution in [1.82, 2.24) is 0 Å². The van der Waals surface area contributed by atoms with Gasteiger partial charge < -0.3 is 15.0 Å². The van der Waals surface area contributed by atoms with Gasteiger partial charge >= 0.3 is 0 Å². The number of hydrogen-bond acceptors (Lipinski definition) is 3.